The summed E-state index contributed by atoms with van der Waals surface area (Å²) in [7, 11) is 0. The Hall–Kier alpha value is -2.88. The van der Waals surface area contributed by atoms with Crippen molar-refractivity contribution in [3.63, 3.8) is 0 Å². The van der Waals surface area contributed by atoms with Crippen molar-refractivity contribution >= 4 is 28.8 Å². The molecule has 0 unspecified atom stereocenters. The third kappa shape index (κ3) is 2.32. The summed E-state index contributed by atoms with van der Waals surface area (Å²) in [6, 6.07) is 16.0. The first-order chi connectivity index (χ1) is 11.3. The molecule has 0 N–H and O–H groups in total. The zero-order valence-electron chi connectivity index (χ0n) is 12.9. The van der Waals surface area contributed by atoms with Crippen LogP contribution in [0.2, 0.25) is 0 Å². The smallest absolute Gasteiger partial charge is 0.338 e. The lowest BCUT2D eigenvalue weighted by Crippen LogP contribution is -2.18. The highest BCUT2D eigenvalue weighted by Gasteiger charge is 2.20. The van der Waals surface area contributed by atoms with E-state index >= 15 is 0 Å². The van der Waals surface area contributed by atoms with E-state index in [1.54, 1.807) is 0 Å². The number of nitrogens with zero attached hydrogens (tertiary/aromatic N) is 2. The van der Waals surface area contributed by atoms with Gasteiger partial charge in [-0.15, -0.1) is 0 Å². The minimum atomic E-state index is -0.279. The predicted molar refractivity (Wildman–Crippen MR) is 89.4 cm³/mol. The third-order valence-corrected chi connectivity index (χ3v) is 4.13. The van der Waals surface area contributed by atoms with Crippen LogP contribution in [0.25, 0.3) is 10.9 Å². The van der Waals surface area contributed by atoms with Gasteiger partial charge in [0, 0.05) is 23.7 Å². The van der Waals surface area contributed by atoms with Gasteiger partial charge in [-0.1, -0.05) is 12.1 Å². The van der Waals surface area contributed by atoms with Gasteiger partial charge in [-0.05, 0) is 31.2 Å². The zero-order chi connectivity index (χ0) is 15.8. The Bertz CT molecular complexity index is 920. The van der Waals surface area contributed by atoms with Gasteiger partial charge in [-0.2, -0.15) is 4.58 Å². The number of aromatic nitrogens is 1. The minimum Gasteiger partial charge on any atom is -0.462 e. The van der Waals surface area contributed by atoms with Crippen molar-refractivity contribution in [1.29, 1.82) is 0 Å². The molecule has 1 aromatic heterocycles. The summed E-state index contributed by atoms with van der Waals surface area (Å²) in [6.45, 7) is 2.96. The first-order valence-electron chi connectivity index (χ1n) is 7.73. The quantitative estimate of drug-likeness (QED) is 0.548. The van der Waals surface area contributed by atoms with Crippen LogP contribution in [0.4, 0.5) is 5.69 Å². The molecule has 0 saturated heterocycles. The van der Waals surface area contributed by atoms with Crippen LogP contribution in [0.1, 0.15) is 22.8 Å². The number of benzene rings is 2. The summed E-state index contributed by atoms with van der Waals surface area (Å²) in [4.78, 5) is 11.7. The van der Waals surface area contributed by atoms with Gasteiger partial charge in [0.1, 0.15) is 0 Å². The second-order valence-corrected chi connectivity index (χ2v) is 5.58. The lowest BCUT2D eigenvalue weighted by atomic mass is 10.1. The molecular formula is C19H17N2O2+. The Morgan fingerprint density at radius 1 is 1.17 bits per heavy atom. The summed E-state index contributed by atoms with van der Waals surface area (Å²) in [5, 5.41) is 1.26. The molecule has 0 radical (unpaired) electrons. The highest BCUT2D eigenvalue weighted by atomic mass is 16.5. The van der Waals surface area contributed by atoms with E-state index in [1.165, 1.54) is 16.5 Å². The largest absolute Gasteiger partial charge is 0.462 e. The van der Waals surface area contributed by atoms with E-state index < -0.39 is 0 Å². The normalized spacial score (nSPS) is 13.0. The van der Waals surface area contributed by atoms with Crippen LogP contribution < -0.4 is 0 Å². The number of hydrogen-bond acceptors (Lipinski definition) is 2. The van der Waals surface area contributed by atoms with Gasteiger partial charge in [-0.3, -0.25) is 4.57 Å². The maximum atomic E-state index is 11.7. The van der Waals surface area contributed by atoms with Crippen LogP contribution >= 0.6 is 0 Å². The zero-order valence-corrected chi connectivity index (χ0v) is 12.9. The van der Waals surface area contributed by atoms with Crippen molar-refractivity contribution in [3.8, 4) is 0 Å². The fourth-order valence-electron chi connectivity index (χ4n) is 3.05. The number of hydrogen-bond donors (Lipinski definition) is 0. The number of carbonyl (C=O) groups excluding carboxylic acids is 1. The monoisotopic (exact) mass is 305 g/mol. The summed E-state index contributed by atoms with van der Waals surface area (Å²) in [5.74, 6) is -0.279. The van der Waals surface area contributed by atoms with Crippen LogP contribution in [0.15, 0.2) is 54.7 Å². The molecule has 2 aromatic carbocycles. The topological polar surface area (TPSA) is 34.2 Å². The summed E-state index contributed by atoms with van der Waals surface area (Å²) in [5.41, 5.74) is 4.10. The van der Waals surface area contributed by atoms with Gasteiger partial charge in [-0.25, -0.2) is 4.79 Å². The van der Waals surface area contributed by atoms with E-state index in [-0.39, 0.29) is 5.97 Å². The molecule has 4 rings (SSSR count). The molecule has 23 heavy (non-hydrogen) atoms. The molecule has 0 aliphatic carbocycles. The summed E-state index contributed by atoms with van der Waals surface area (Å²) in [6.07, 6.45) is 4.27. The standard InChI is InChI=1S/C19H17N2O2/c1-2-23-19(22)15-6-8-17(9-7-15)21-12-16-5-3-4-14-10-11-20(13-21)18(14)16/h3-12H,2,13H2,1H3/q+1. The van der Waals surface area contributed by atoms with Crippen molar-refractivity contribution in [1.82, 2.24) is 4.57 Å². The van der Waals surface area contributed by atoms with Gasteiger partial charge >= 0.3 is 5.97 Å². The molecule has 0 bridgehead atoms. The summed E-state index contributed by atoms with van der Waals surface area (Å²) < 4.78 is 9.44. The van der Waals surface area contributed by atoms with Crippen LogP contribution in [0, 0.1) is 0 Å². The molecule has 2 heterocycles. The molecule has 4 nitrogen and oxygen atoms in total. The van der Waals surface area contributed by atoms with Crippen molar-refractivity contribution < 1.29 is 14.1 Å². The third-order valence-electron chi connectivity index (χ3n) is 4.13. The Morgan fingerprint density at radius 2 is 2.00 bits per heavy atom. The van der Waals surface area contributed by atoms with Crippen molar-refractivity contribution in [2.75, 3.05) is 6.61 Å². The second kappa shape index (κ2) is 5.39. The van der Waals surface area contributed by atoms with Gasteiger partial charge < -0.3 is 4.74 Å². The van der Waals surface area contributed by atoms with Gasteiger partial charge in [0.15, 0.2) is 6.21 Å². The van der Waals surface area contributed by atoms with Crippen LogP contribution in [-0.2, 0) is 11.4 Å². The lowest BCUT2D eigenvalue weighted by Gasteiger charge is -2.12. The van der Waals surface area contributed by atoms with Crippen molar-refractivity contribution in [3.05, 3.63) is 65.9 Å². The molecule has 0 amide bonds. The highest BCUT2D eigenvalue weighted by molar-refractivity contribution is 5.97. The number of para-hydroxylation sites is 1. The Morgan fingerprint density at radius 3 is 2.78 bits per heavy atom. The molecule has 4 heteroatoms. The fourth-order valence-corrected chi connectivity index (χ4v) is 3.05. The predicted octanol–water partition coefficient (Wildman–Crippen LogP) is 3.55. The summed E-state index contributed by atoms with van der Waals surface area (Å²) >= 11 is 0. The molecule has 0 atom stereocenters. The fraction of sp³-hybridized carbons (Fsp3) is 0.158. The molecule has 114 valence electrons. The number of ether oxygens (including phenoxy) is 1. The highest BCUT2D eigenvalue weighted by Crippen LogP contribution is 2.25. The van der Waals surface area contributed by atoms with Gasteiger partial charge in [0.2, 0.25) is 12.4 Å². The number of rotatable bonds is 3. The number of esters is 1. The van der Waals surface area contributed by atoms with Crippen LogP contribution in [0.5, 0.6) is 0 Å². The maximum Gasteiger partial charge on any atom is 0.338 e. The molecule has 3 aromatic rings. The Kier molecular flexibility index (Phi) is 3.23. The molecule has 0 fully saturated rings. The molecule has 0 spiro atoms. The minimum absolute atomic E-state index is 0.279. The van der Waals surface area contributed by atoms with E-state index in [0.29, 0.717) is 12.2 Å². The van der Waals surface area contributed by atoms with Crippen LogP contribution in [-0.4, -0.2) is 27.9 Å². The van der Waals surface area contributed by atoms with Gasteiger partial charge in [0.25, 0.3) is 0 Å². The van der Waals surface area contributed by atoms with Gasteiger partial charge in [0.05, 0.1) is 23.3 Å². The van der Waals surface area contributed by atoms with E-state index in [2.05, 4.69) is 45.8 Å². The molecule has 1 aliphatic heterocycles. The second-order valence-electron chi connectivity index (χ2n) is 5.58. The maximum absolute atomic E-state index is 11.7. The van der Waals surface area contributed by atoms with E-state index in [9.17, 15) is 4.79 Å². The average Bonchev–Trinajstić information content (AvgIpc) is 3.00. The van der Waals surface area contributed by atoms with Crippen molar-refractivity contribution in [2.24, 2.45) is 0 Å². The molecule has 0 saturated carbocycles. The Labute approximate surface area is 134 Å². The first kappa shape index (κ1) is 13.8. The molecule has 1 aliphatic rings. The lowest BCUT2D eigenvalue weighted by molar-refractivity contribution is -0.471. The van der Waals surface area contributed by atoms with E-state index in [1.807, 2.05) is 31.2 Å². The SMILES string of the molecule is CCOC(=O)c1ccc([N+]2=Cc3cccc4ccn(c34)C2)cc1. The first-order valence-corrected chi connectivity index (χ1v) is 7.73. The number of carbonyl (C=O) groups is 1. The molecular weight excluding hydrogens is 288 g/mol. The van der Waals surface area contributed by atoms with Crippen LogP contribution in [0.3, 0.4) is 0 Å². The van der Waals surface area contributed by atoms with E-state index in [4.69, 9.17) is 4.74 Å². The Balaban J connectivity index is 1.69. The van der Waals surface area contributed by atoms with E-state index in [0.717, 1.165) is 12.4 Å². The van der Waals surface area contributed by atoms with Crippen molar-refractivity contribution in [2.45, 2.75) is 13.6 Å². The average molecular weight is 305 g/mol.